The van der Waals surface area contributed by atoms with Crippen molar-refractivity contribution in [3.05, 3.63) is 39.4 Å². The van der Waals surface area contributed by atoms with Crippen LogP contribution in [-0.4, -0.2) is 5.16 Å². The second kappa shape index (κ2) is 3.70. The van der Waals surface area contributed by atoms with Crippen molar-refractivity contribution in [2.45, 2.75) is 27.2 Å². The molecule has 0 amide bonds. The van der Waals surface area contributed by atoms with E-state index in [1.165, 1.54) is 6.07 Å². The molecule has 0 aliphatic heterocycles. The molecule has 4 heteroatoms. The zero-order valence-corrected chi connectivity index (χ0v) is 10.5. The summed E-state index contributed by atoms with van der Waals surface area (Å²) in [5.41, 5.74) is 3.70. The summed E-state index contributed by atoms with van der Waals surface area (Å²) in [6.07, 6.45) is 0.847. The number of hydrogen-bond acceptors (Lipinski definition) is 4. The van der Waals surface area contributed by atoms with Crippen LogP contribution in [0.3, 0.4) is 0 Å². The maximum atomic E-state index is 11.5. The van der Waals surface area contributed by atoms with Crippen molar-refractivity contribution in [2.24, 2.45) is 0 Å². The third kappa shape index (κ3) is 1.38. The molecular formula is C14H13NO3. The SMILES string of the molecule is CCc1cc2c(C)cc(=O)oc2c2c(C)noc12. The van der Waals surface area contributed by atoms with Crippen LogP contribution < -0.4 is 5.63 Å². The molecular weight excluding hydrogens is 230 g/mol. The fourth-order valence-electron chi connectivity index (χ4n) is 2.34. The molecule has 92 valence electrons. The van der Waals surface area contributed by atoms with Crippen molar-refractivity contribution in [1.29, 1.82) is 0 Å². The maximum Gasteiger partial charge on any atom is 0.336 e. The Bertz CT molecular complexity index is 811. The molecule has 2 heterocycles. The average molecular weight is 243 g/mol. The van der Waals surface area contributed by atoms with Crippen LogP contribution in [0.25, 0.3) is 21.9 Å². The van der Waals surface area contributed by atoms with Crippen LogP contribution in [0, 0.1) is 13.8 Å². The first kappa shape index (κ1) is 11.0. The molecule has 4 nitrogen and oxygen atoms in total. The van der Waals surface area contributed by atoms with E-state index in [9.17, 15) is 4.79 Å². The minimum Gasteiger partial charge on any atom is -0.422 e. The van der Waals surface area contributed by atoms with Gasteiger partial charge < -0.3 is 8.94 Å². The number of aromatic nitrogens is 1. The van der Waals surface area contributed by atoms with Crippen molar-refractivity contribution < 1.29 is 8.94 Å². The highest BCUT2D eigenvalue weighted by Crippen LogP contribution is 2.31. The minimum atomic E-state index is -0.342. The fourth-order valence-corrected chi connectivity index (χ4v) is 2.34. The van der Waals surface area contributed by atoms with Gasteiger partial charge in [-0.15, -0.1) is 0 Å². The van der Waals surface area contributed by atoms with Crippen LogP contribution >= 0.6 is 0 Å². The van der Waals surface area contributed by atoms with Crippen molar-refractivity contribution in [2.75, 3.05) is 0 Å². The average Bonchev–Trinajstić information content (AvgIpc) is 2.71. The number of hydrogen-bond donors (Lipinski definition) is 0. The number of benzene rings is 1. The lowest BCUT2D eigenvalue weighted by Crippen LogP contribution is -1.99. The summed E-state index contributed by atoms with van der Waals surface area (Å²) in [5.74, 6) is 0. The first-order valence-corrected chi connectivity index (χ1v) is 5.94. The highest BCUT2D eigenvalue weighted by atomic mass is 16.5. The van der Waals surface area contributed by atoms with E-state index >= 15 is 0 Å². The molecule has 1 aromatic carbocycles. The Labute approximate surface area is 103 Å². The Morgan fingerprint density at radius 3 is 2.72 bits per heavy atom. The molecule has 0 radical (unpaired) electrons. The van der Waals surface area contributed by atoms with E-state index in [0.29, 0.717) is 5.58 Å². The molecule has 0 atom stereocenters. The van der Waals surface area contributed by atoms with E-state index in [-0.39, 0.29) is 5.63 Å². The van der Waals surface area contributed by atoms with Gasteiger partial charge in [0.25, 0.3) is 0 Å². The quantitative estimate of drug-likeness (QED) is 0.616. The summed E-state index contributed by atoms with van der Waals surface area (Å²) in [4.78, 5) is 11.5. The van der Waals surface area contributed by atoms with Gasteiger partial charge in [0.05, 0.1) is 11.1 Å². The predicted molar refractivity (Wildman–Crippen MR) is 68.9 cm³/mol. The molecule has 0 N–H and O–H groups in total. The molecule has 18 heavy (non-hydrogen) atoms. The number of nitrogens with zero attached hydrogens (tertiary/aromatic N) is 1. The molecule has 0 aliphatic rings. The van der Waals surface area contributed by atoms with Crippen LogP contribution in [0.1, 0.15) is 23.7 Å². The van der Waals surface area contributed by atoms with Gasteiger partial charge in [0.2, 0.25) is 0 Å². The molecule has 3 aromatic rings. The Morgan fingerprint density at radius 1 is 1.22 bits per heavy atom. The third-order valence-corrected chi connectivity index (χ3v) is 3.29. The van der Waals surface area contributed by atoms with Gasteiger partial charge in [-0.2, -0.15) is 0 Å². The van der Waals surface area contributed by atoms with Crippen molar-refractivity contribution in [3.8, 4) is 0 Å². The van der Waals surface area contributed by atoms with Gasteiger partial charge in [0.1, 0.15) is 0 Å². The number of rotatable bonds is 1. The van der Waals surface area contributed by atoms with E-state index in [2.05, 4.69) is 12.1 Å². The molecule has 0 fully saturated rings. The monoisotopic (exact) mass is 243 g/mol. The van der Waals surface area contributed by atoms with Crippen molar-refractivity contribution in [3.63, 3.8) is 0 Å². The largest absolute Gasteiger partial charge is 0.422 e. The zero-order valence-electron chi connectivity index (χ0n) is 10.5. The highest BCUT2D eigenvalue weighted by Gasteiger charge is 2.16. The molecule has 0 spiro atoms. The van der Waals surface area contributed by atoms with E-state index in [4.69, 9.17) is 8.94 Å². The summed E-state index contributed by atoms with van der Waals surface area (Å²) in [7, 11) is 0. The van der Waals surface area contributed by atoms with Crippen molar-refractivity contribution >= 4 is 21.9 Å². The number of aryl methyl sites for hydroxylation is 3. The van der Waals surface area contributed by atoms with Gasteiger partial charge in [0.15, 0.2) is 11.2 Å². The second-order valence-corrected chi connectivity index (χ2v) is 4.49. The van der Waals surface area contributed by atoms with Crippen LogP contribution in [0.4, 0.5) is 0 Å². The fraction of sp³-hybridized carbons (Fsp3) is 0.286. The minimum absolute atomic E-state index is 0.342. The molecule has 2 aromatic heterocycles. The Kier molecular flexibility index (Phi) is 2.26. The van der Waals surface area contributed by atoms with E-state index in [1.54, 1.807) is 0 Å². The van der Waals surface area contributed by atoms with Gasteiger partial charge in [-0.05, 0) is 37.5 Å². The maximum absolute atomic E-state index is 11.5. The first-order chi connectivity index (χ1) is 8.61. The molecule has 0 saturated carbocycles. The predicted octanol–water partition coefficient (Wildman–Crippen LogP) is 3.11. The normalized spacial score (nSPS) is 11.5. The Hall–Kier alpha value is -2.10. The van der Waals surface area contributed by atoms with Gasteiger partial charge in [-0.1, -0.05) is 12.1 Å². The summed E-state index contributed by atoms with van der Waals surface area (Å²) >= 11 is 0. The zero-order chi connectivity index (χ0) is 12.9. The third-order valence-electron chi connectivity index (χ3n) is 3.29. The summed E-state index contributed by atoms with van der Waals surface area (Å²) < 4.78 is 10.7. The number of fused-ring (bicyclic) bond motifs is 3. The lowest BCUT2D eigenvalue weighted by molar-refractivity contribution is 0.448. The Balaban J connectivity index is 2.66. The molecule has 0 saturated heterocycles. The van der Waals surface area contributed by atoms with E-state index in [0.717, 1.165) is 39.6 Å². The smallest absolute Gasteiger partial charge is 0.336 e. The van der Waals surface area contributed by atoms with E-state index in [1.807, 2.05) is 19.9 Å². The molecule has 0 aliphatic carbocycles. The first-order valence-electron chi connectivity index (χ1n) is 5.94. The molecule has 0 unspecified atom stereocenters. The van der Waals surface area contributed by atoms with Crippen LogP contribution in [-0.2, 0) is 6.42 Å². The molecule has 3 rings (SSSR count). The summed E-state index contributed by atoms with van der Waals surface area (Å²) in [6, 6.07) is 3.52. The lowest BCUT2D eigenvalue weighted by Gasteiger charge is -2.04. The summed E-state index contributed by atoms with van der Waals surface area (Å²) in [5, 5.41) is 5.74. The highest BCUT2D eigenvalue weighted by molar-refractivity contribution is 6.05. The van der Waals surface area contributed by atoms with Crippen LogP contribution in [0.5, 0.6) is 0 Å². The van der Waals surface area contributed by atoms with Gasteiger partial charge >= 0.3 is 5.63 Å². The van der Waals surface area contributed by atoms with E-state index < -0.39 is 0 Å². The lowest BCUT2D eigenvalue weighted by atomic mass is 10.0. The van der Waals surface area contributed by atoms with Crippen LogP contribution in [0.2, 0.25) is 0 Å². The standard InChI is InChI=1S/C14H13NO3/c1-4-9-6-10-7(2)5-11(16)17-14(10)12-8(3)15-18-13(9)12/h5-6H,4H2,1-3H3. The van der Waals surface area contributed by atoms with Gasteiger partial charge in [-0.3, -0.25) is 0 Å². The van der Waals surface area contributed by atoms with Crippen LogP contribution in [0.15, 0.2) is 25.9 Å². The van der Waals surface area contributed by atoms with Gasteiger partial charge in [-0.25, -0.2) is 4.79 Å². The second-order valence-electron chi connectivity index (χ2n) is 4.49. The topological polar surface area (TPSA) is 56.2 Å². The Morgan fingerprint density at radius 2 is 2.00 bits per heavy atom. The molecule has 0 bridgehead atoms. The van der Waals surface area contributed by atoms with Crippen molar-refractivity contribution in [1.82, 2.24) is 5.16 Å². The van der Waals surface area contributed by atoms with Gasteiger partial charge in [0, 0.05) is 11.5 Å². The summed E-state index contributed by atoms with van der Waals surface area (Å²) in [6.45, 7) is 5.83.